The fraction of sp³-hybridized carbons (Fsp3) is 0.111. The van der Waals surface area contributed by atoms with Gasteiger partial charge in [-0.2, -0.15) is 4.37 Å². The van der Waals surface area contributed by atoms with E-state index in [1.54, 1.807) is 0 Å². The Hall–Kier alpha value is -0.840. The molecule has 6 heteroatoms. The molecule has 0 unspecified atom stereocenters. The van der Waals surface area contributed by atoms with E-state index in [1.807, 2.05) is 24.3 Å². The van der Waals surface area contributed by atoms with E-state index in [0.29, 0.717) is 22.7 Å². The molecule has 1 aromatic heterocycles. The minimum Gasteiger partial charge on any atom is -0.470 e. The Bertz CT molecular complexity index is 461. The first kappa shape index (κ1) is 10.7. The van der Waals surface area contributed by atoms with Crippen molar-refractivity contribution < 1.29 is 4.74 Å². The molecule has 78 valence electrons. The summed E-state index contributed by atoms with van der Waals surface area (Å²) in [5.41, 5.74) is 0.964. The topological polar surface area (TPSA) is 35.0 Å². The lowest BCUT2D eigenvalue weighted by atomic mass is 10.2. The van der Waals surface area contributed by atoms with Crippen molar-refractivity contribution in [2.75, 3.05) is 0 Å². The molecule has 0 radical (unpaired) electrons. The highest BCUT2D eigenvalue weighted by atomic mass is 35.5. The molecule has 0 bridgehead atoms. The molecule has 0 spiro atoms. The van der Waals surface area contributed by atoms with Crippen LogP contribution in [0.4, 0.5) is 0 Å². The Morgan fingerprint density at radius 3 is 2.80 bits per heavy atom. The summed E-state index contributed by atoms with van der Waals surface area (Å²) in [5.74, 6) is 0.363. The molecule has 1 aromatic carbocycles. The van der Waals surface area contributed by atoms with Gasteiger partial charge in [-0.25, -0.2) is 0 Å². The van der Waals surface area contributed by atoms with Crippen molar-refractivity contribution in [2.24, 2.45) is 0 Å². The van der Waals surface area contributed by atoms with Gasteiger partial charge in [0.15, 0.2) is 0 Å². The van der Waals surface area contributed by atoms with E-state index in [2.05, 4.69) is 8.75 Å². The van der Waals surface area contributed by atoms with Crippen LogP contribution in [-0.2, 0) is 6.61 Å². The molecule has 0 fully saturated rings. The first-order valence-electron chi connectivity index (χ1n) is 4.11. The van der Waals surface area contributed by atoms with E-state index in [1.165, 1.54) is 0 Å². The number of benzene rings is 1. The summed E-state index contributed by atoms with van der Waals surface area (Å²) in [5, 5.41) is 0.973. The third kappa shape index (κ3) is 2.81. The maximum Gasteiger partial charge on any atom is 0.265 e. The Morgan fingerprint density at radius 1 is 1.27 bits per heavy atom. The maximum atomic E-state index is 5.83. The smallest absolute Gasteiger partial charge is 0.265 e. The molecule has 1 heterocycles. The monoisotopic (exact) mass is 260 g/mol. The van der Waals surface area contributed by atoms with Crippen molar-refractivity contribution in [3.05, 3.63) is 40.0 Å². The van der Waals surface area contributed by atoms with Gasteiger partial charge in [-0.05, 0) is 17.7 Å². The summed E-state index contributed by atoms with van der Waals surface area (Å²) in [6.45, 7) is 0.381. The number of hydrogen-bond acceptors (Lipinski definition) is 4. The van der Waals surface area contributed by atoms with Gasteiger partial charge in [0.05, 0.1) is 11.7 Å². The van der Waals surface area contributed by atoms with E-state index in [4.69, 9.17) is 27.9 Å². The molecular weight excluding hydrogens is 255 g/mol. The number of ether oxygens (including phenoxy) is 1. The summed E-state index contributed by atoms with van der Waals surface area (Å²) in [6.07, 6.45) is 0. The summed E-state index contributed by atoms with van der Waals surface area (Å²) in [4.78, 5) is 0. The van der Waals surface area contributed by atoms with E-state index >= 15 is 0 Å². The van der Waals surface area contributed by atoms with E-state index < -0.39 is 0 Å². The molecule has 2 aromatic rings. The zero-order valence-corrected chi connectivity index (χ0v) is 9.81. The van der Waals surface area contributed by atoms with Crippen LogP contribution in [-0.4, -0.2) is 8.75 Å². The summed E-state index contributed by atoms with van der Waals surface area (Å²) in [7, 11) is 0. The second-order valence-electron chi connectivity index (χ2n) is 2.78. The molecule has 0 atom stereocenters. The van der Waals surface area contributed by atoms with Gasteiger partial charge in [0.2, 0.25) is 5.15 Å². The molecule has 2 rings (SSSR count). The molecule has 3 nitrogen and oxygen atoms in total. The second kappa shape index (κ2) is 4.79. The lowest BCUT2D eigenvalue weighted by Crippen LogP contribution is -1.95. The summed E-state index contributed by atoms with van der Waals surface area (Å²) < 4.78 is 13.1. The van der Waals surface area contributed by atoms with Crippen molar-refractivity contribution in [3.63, 3.8) is 0 Å². The SMILES string of the molecule is Clc1cccc(COc2nsnc2Cl)c1. The third-order valence-corrected chi connectivity index (χ3v) is 2.78. The molecule has 0 amide bonds. The van der Waals surface area contributed by atoms with Crippen molar-refractivity contribution in [2.45, 2.75) is 6.61 Å². The molecular formula is C9H6Cl2N2OS. The van der Waals surface area contributed by atoms with Gasteiger partial charge in [-0.15, -0.1) is 4.37 Å². The van der Waals surface area contributed by atoms with Gasteiger partial charge >= 0.3 is 0 Å². The van der Waals surface area contributed by atoms with Crippen molar-refractivity contribution in [1.29, 1.82) is 0 Å². The first-order valence-corrected chi connectivity index (χ1v) is 5.59. The van der Waals surface area contributed by atoms with Crippen LogP contribution in [0, 0.1) is 0 Å². The van der Waals surface area contributed by atoms with E-state index in [9.17, 15) is 0 Å². The Morgan fingerprint density at radius 2 is 2.13 bits per heavy atom. The third-order valence-electron chi connectivity index (χ3n) is 1.69. The summed E-state index contributed by atoms with van der Waals surface area (Å²) >= 11 is 12.6. The van der Waals surface area contributed by atoms with Crippen LogP contribution in [0.5, 0.6) is 5.88 Å². The van der Waals surface area contributed by atoms with Gasteiger partial charge < -0.3 is 4.74 Å². The highest BCUT2D eigenvalue weighted by molar-refractivity contribution is 6.99. The number of halogens is 2. The summed E-state index contributed by atoms with van der Waals surface area (Å²) in [6, 6.07) is 7.42. The highest BCUT2D eigenvalue weighted by Gasteiger charge is 2.06. The molecule has 0 N–H and O–H groups in total. The van der Waals surface area contributed by atoms with Crippen molar-refractivity contribution >= 4 is 34.9 Å². The number of rotatable bonds is 3. The van der Waals surface area contributed by atoms with E-state index in [0.717, 1.165) is 17.3 Å². The lowest BCUT2D eigenvalue weighted by Gasteiger charge is -2.02. The second-order valence-corrected chi connectivity index (χ2v) is 4.10. The maximum absolute atomic E-state index is 5.83. The Labute approximate surface area is 101 Å². The average Bonchev–Trinajstić information content (AvgIpc) is 2.61. The minimum atomic E-state index is 0.294. The molecule has 0 aliphatic heterocycles. The van der Waals surface area contributed by atoms with Crippen LogP contribution < -0.4 is 4.74 Å². The molecule has 0 aliphatic rings. The molecule has 0 aliphatic carbocycles. The normalized spacial score (nSPS) is 10.3. The lowest BCUT2D eigenvalue weighted by molar-refractivity contribution is 0.297. The fourth-order valence-corrected chi connectivity index (χ4v) is 1.89. The van der Waals surface area contributed by atoms with Gasteiger partial charge in [-0.3, -0.25) is 0 Å². The van der Waals surface area contributed by atoms with Gasteiger partial charge in [0.1, 0.15) is 6.61 Å². The van der Waals surface area contributed by atoms with Crippen LogP contribution in [0.15, 0.2) is 24.3 Å². The molecule has 0 saturated heterocycles. The number of aromatic nitrogens is 2. The number of hydrogen-bond donors (Lipinski definition) is 0. The zero-order chi connectivity index (χ0) is 10.7. The van der Waals surface area contributed by atoms with Crippen LogP contribution in [0.3, 0.4) is 0 Å². The Balaban J connectivity index is 2.02. The average molecular weight is 261 g/mol. The quantitative estimate of drug-likeness (QED) is 0.849. The van der Waals surface area contributed by atoms with Gasteiger partial charge in [-0.1, -0.05) is 35.3 Å². The van der Waals surface area contributed by atoms with Crippen LogP contribution in [0.25, 0.3) is 0 Å². The van der Waals surface area contributed by atoms with Gasteiger partial charge in [0, 0.05) is 5.02 Å². The first-order chi connectivity index (χ1) is 7.25. The van der Waals surface area contributed by atoms with Crippen molar-refractivity contribution in [1.82, 2.24) is 8.75 Å². The highest BCUT2D eigenvalue weighted by Crippen LogP contribution is 2.22. The largest absolute Gasteiger partial charge is 0.470 e. The van der Waals surface area contributed by atoms with E-state index in [-0.39, 0.29) is 0 Å². The molecule has 15 heavy (non-hydrogen) atoms. The molecule has 0 saturated carbocycles. The predicted octanol–water partition coefficient (Wildman–Crippen LogP) is 3.42. The number of nitrogens with zero attached hydrogens (tertiary/aromatic N) is 2. The predicted molar refractivity (Wildman–Crippen MR) is 60.7 cm³/mol. The van der Waals surface area contributed by atoms with Gasteiger partial charge in [0.25, 0.3) is 5.88 Å². The van der Waals surface area contributed by atoms with Crippen LogP contribution in [0.2, 0.25) is 10.2 Å². The standard InChI is InChI=1S/C9H6Cl2N2OS/c10-7-3-1-2-6(4-7)5-14-9-8(11)12-15-13-9/h1-4H,5H2. The zero-order valence-electron chi connectivity index (χ0n) is 7.48. The van der Waals surface area contributed by atoms with Crippen LogP contribution >= 0.6 is 34.9 Å². The Kier molecular flexibility index (Phi) is 3.41. The fourth-order valence-electron chi connectivity index (χ4n) is 1.03. The van der Waals surface area contributed by atoms with Crippen molar-refractivity contribution in [3.8, 4) is 5.88 Å². The minimum absolute atomic E-state index is 0.294. The van der Waals surface area contributed by atoms with Crippen LogP contribution in [0.1, 0.15) is 5.56 Å².